The van der Waals surface area contributed by atoms with E-state index in [0.29, 0.717) is 17.8 Å². The molecule has 0 bridgehead atoms. The third-order valence-corrected chi connectivity index (χ3v) is 7.41. The van der Waals surface area contributed by atoms with Gasteiger partial charge in [-0.3, -0.25) is 14.4 Å². The number of rotatable bonds is 9. The highest BCUT2D eigenvalue weighted by molar-refractivity contribution is 5.99. The van der Waals surface area contributed by atoms with Crippen LogP contribution in [0.3, 0.4) is 0 Å². The van der Waals surface area contributed by atoms with Crippen molar-refractivity contribution in [1.82, 2.24) is 15.1 Å². The van der Waals surface area contributed by atoms with Crippen LogP contribution in [0.1, 0.15) is 85.1 Å². The lowest BCUT2D eigenvalue weighted by Crippen LogP contribution is -2.48. The molecule has 3 rings (SSSR count). The summed E-state index contributed by atoms with van der Waals surface area (Å²) in [7, 11) is 1.62. The normalized spacial score (nSPS) is 19.2. The van der Waals surface area contributed by atoms with Gasteiger partial charge in [0.1, 0.15) is 5.75 Å². The van der Waals surface area contributed by atoms with Crippen molar-refractivity contribution in [3.63, 3.8) is 0 Å². The van der Waals surface area contributed by atoms with Crippen molar-refractivity contribution in [3.05, 3.63) is 41.1 Å². The first-order valence-electron chi connectivity index (χ1n) is 13.4. The van der Waals surface area contributed by atoms with Crippen molar-refractivity contribution >= 4 is 17.7 Å². The fourth-order valence-corrected chi connectivity index (χ4v) is 5.52. The number of ether oxygens (including phenoxy) is 1. The molecular weight excluding hydrogens is 454 g/mol. The average molecular weight is 498 g/mol. The third-order valence-electron chi connectivity index (χ3n) is 7.41. The summed E-state index contributed by atoms with van der Waals surface area (Å²) in [6, 6.07) is 7.82. The maximum absolute atomic E-state index is 13.7. The van der Waals surface area contributed by atoms with Crippen molar-refractivity contribution in [2.45, 2.75) is 104 Å². The number of benzene rings is 1. The van der Waals surface area contributed by atoms with Gasteiger partial charge in [0.2, 0.25) is 11.8 Å². The van der Waals surface area contributed by atoms with Gasteiger partial charge in [0.25, 0.3) is 5.91 Å². The highest BCUT2D eigenvalue weighted by Crippen LogP contribution is 2.33. The van der Waals surface area contributed by atoms with E-state index in [4.69, 9.17) is 4.74 Å². The predicted molar refractivity (Wildman–Crippen MR) is 141 cm³/mol. The van der Waals surface area contributed by atoms with E-state index in [2.05, 4.69) is 5.32 Å². The number of carbonyl (C=O) groups excluding carboxylic acids is 3. The summed E-state index contributed by atoms with van der Waals surface area (Å²) in [5.41, 5.74) is 2.24. The van der Waals surface area contributed by atoms with Crippen molar-refractivity contribution in [3.8, 4) is 5.75 Å². The minimum Gasteiger partial charge on any atom is -0.497 e. The molecule has 0 radical (unpaired) electrons. The number of carbonyl (C=O) groups is 3. The molecule has 2 aliphatic rings. The number of nitrogens with one attached hydrogen (secondary N) is 1. The quantitative estimate of drug-likeness (QED) is 0.531. The van der Waals surface area contributed by atoms with Gasteiger partial charge in [-0.1, -0.05) is 31.4 Å². The lowest BCUT2D eigenvalue weighted by atomic mass is 9.87. The number of hydrogen-bond donors (Lipinski definition) is 1. The Labute approximate surface area is 216 Å². The average Bonchev–Trinajstić information content (AvgIpc) is 2.84. The molecule has 0 saturated heterocycles. The number of methoxy groups -OCH3 is 1. The maximum atomic E-state index is 13.7. The molecule has 198 valence electrons. The van der Waals surface area contributed by atoms with E-state index in [0.717, 1.165) is 37.0 Å². The molecule has 0 spiro atoms. The van der Waals surface area contributed by atoms with Crippen molar-refractivity contribution in [1.29, 1.82) is 0 Å². The van der Waals surface area contributed by atoms with Crippen LogP contribution in [-0.4, -0.2) is 52.8 Å². The van der Waals surface area contributed by atoms with Gasteiger partial charge >= 0.3 is 0 Å². The Balaban J connectivity index is 1.88. The van der Waals surface area contributed by atoms with Crippen LogP contribution in [0.4, 0.5) is 0 Å². The van der Waals surface area contributed by atoms with Crippen molar-refractivity contribution in [2.24, 2.45) is 5.92 Å². The van der Waals surface area contributed by atoms with E-state index in [9.17, 15) is 14.4 Å². The van der Waals surface area contributed by atoms with E-state index in [1.54, 1.807) is 12.0 Å². The molecule has 1 aliphatic carbocycles. The number of nitrogens with zero attached hydrogens (tertiary/aromatic N) is 2. The number of allylic oxidation sites excluding steroid dienone is 1. The first-order valence-corrected chi connectivity index (χ1v) is 13.4. The molecule has 1 aromatic carbocycles. The number of amides is 3. The Kier molecular flexibility index (Phi) is 9.57. The fraction of sp³-hybridized carbons (Fsp3) is 0.621. The smallest absolute Gasteiger partial charge is 0.252 e. The van der Waals surface area contributed by atoms with Gasteiger partial charge < -0.3 is 19.9 Å². The molecule has 0 aromatic heterocycles. The zero-order valence-corrected chi connectivity index (χ0v) is 22.8. The largest absolute Gasteiger partial charge is 0.497 e. The summed E-state index contributed by atoms with van der Waals surface area (Å²) in [4.78, 5) is 43.9. The first-order chi connectivity index (χ1) is 17.1. The highest BCUT2D eigenvalue weighted by Gasteiger charge is 2.38. The summed E-state index contributed by atoms with van der Waals surface area (Å²) in [6.07, 6.45) is 5.85. The van der Waals surface area contributed by atoms with E-state index in [-0.39, 0.29) is 48.7 Å². The van der Waals surface area contributed by atoms with Crippen LogP contribution in [-0.2, 0) is 20.9 Å². The standard InChI is InChI=1S/C29H43N3O4/c1-19(2)32(20(3)4)29(35)26-16-23(17-27(33)30-24-10-8-7-9-11-24)28(34)31(21(26)5)18-22-12-14-25(36-6)15-13-22/h12-15,19-20,23-24H,7-11,16-18H2,1-6H3,(H,30,33). The lowest BCUT2D eigenvalue weighted by Gasteiger charge is -2.38. The van der Waals surface area contributed by atoms with Gasteiger partial charge in [-0.15, -0.1) is 0 Å². The Hall–Kier alpha value is -2.83. The summed E-state index contributed by atoms with van der Waals surface area (Å²) < 4.78 is 5.26. The second kappa shape index (κ2) is 12.4. The molecule has 1 heterocycles. The highest BCUT2D eigenvalue weighted by atomic mass is 16.5. The Morgan fingerprint density at radius 1 is 1.06 bits per heavy atom. The van der Waals surface area contributed by atoms with Crippen LogP contribution >= 0.6 is 0 Å². The van der Waals surface area contributed by atoms with Crippen molar-refractivity contribution < 1.29 is 19.1 Å². The van der Waals surface area contributed by atoms with E-state index >= 15 is 0 Å². The summed E-state index contributed by atoms with van der Waals surface area (Å²) in [5, 5.41) is 3.14. The molecule has 1 N–H and O–H groups in total. The van der Waals surface area contributed by atoms with Gasteiger partial charge in [-0.05, 0) is 71.6 Å². The van der Waals surface area contributed by atoms with E-state index in [1.165, 1.54) is 6.42 Å². The second-order valence-electron chi connectivity index (χ2n) is 10.7. The molecule has 1 aromatic rings. The number of hydrogen-bond acceptors (Lipinski definition) is 4. The second-order valence-corrected chi connectivity index (χ2v) is 10.7. The Morgan fingerprint density at radius 2 is 1.67 bits per heavy atom. The van der Waals surface area contributed by atoms with Gasteiger partial charge in [0, 0.05) is 35.8 Å². The Bertz CT molecular complexity index is 953. The molecule has 1 unspecified atom stereocenters. The zero-order valence-electron chi connectivity index (χ0n) is 22.8. The minimum absolute atomic E-state index is 0.0264. The van der Waals surface area contributed by atoms with Gasteiger partial charge in [0.05, 0.1) is 19.6 Å². The first kappa shape index (κ1) is 27.8. The van der Waals surface area contributed by atoms with Gasteiger partial charge in [-0.25, -0.2) is 0 Å². The van der Waals surface area contributed by atoms with Gasteiger partial charge in [-0.2, -0.15) is 0 Å². The SMILES string of the molecule is COc1ccc(CN2C(=O)C(CC(=O)NC3CCCCC3)CC(C(=O)N(C(C)C)C(C)C)=C2C)cc1. The fourth-order valence-electron chi connectivity index (χ4n) is 5.52. The molecule has 36 heavy (non-hydrogen) atoms. The summed E-state index contributed by atoms with van der Waals surface area (Å²) in [6.45, 7) is 10.2. The predicted octanol–water partition coefficient (Wildman–Crippen LogP) is 4.80. The third kappa shape index (κ3) is 6.68. The molecule has 1 atom stereocenters. The van der Waals surface area contributed by atoms with Crippen LogP contribution in [0.5, 0.6) is 5.75 Å². The maximum Gasteiger partial charge on any atom is 0.252 e. The van der Waals surface area contributed by atoms with Crippen LogP contribution in [0.2, 0.25) is 0 Å². The topological polar surface area (TPSA) is 79.0 Å². The molecule has 1 fully saturated rings. The molecule has 1 aliphatic heterocycles. The van der Waals surface area contributed by atoms with E-state index < -0.39 is 5.92 Å². The summed E-state index contributed by atoms with van der Waals surface area (Å²) in [5.74, 6) is -0.0633. The van der Waals surface area contributed by atoms with Crippen LogP contribution in [0, 0.1) is 5.92 Å². The molecule has 1 saturated carbocycles. The van der Waals surface area contributed by atoms with Crippen LogP contribution in [0.25, 0.3) is 0 Å². The molecule has 7 heteroatoms. The molecular formula is C29H43N3O4. The van der Waals surface area contributed by atoms with Crippen LogP contribution < -0.4 is 10.1 Å². The lowest BCUT2D eigenvalue weighted by molar-refractivity contribution is -0.139. The minimum atomic E-state index is -0.560. The molecule has 7 nitrogen and oxygen atoms in total. The molecule has 3 amide bonds. The van der Waals surface area contributed by atoms with Crippen molar-refractivity contribution in [2.75, 3.05) is 7.11 Å². The van der Waals surface area contributed by atoms with Gasteiger partial charge in [0.15, 0.2) is 0 Å². The summed E-state index contributed by atoms with van der Waals surface area (Å²) >= 11 is 0. The zero-order chi connectivity index (χ0) is 26.4. The van der Waals surface area contributed by atoms with Crippen LogP contribution in [0.15, 0.2) is 35.5 Å². The van der Waals surface area contributed by atoms with E-state index in [1.807, 2.05) is 63.8 Å². The monoisotopic (exact) mass is 497 g/mol. The Morgan fingerprint density at radius 3 is 2.22 bits per heavy atom.